The molecule has 2 aliphatic heterocycles. The summed E-state index contributed by atoms with van der Waals surface area (Å²) in [5.41, 5.74) is 3.26. The van der Waals surface area contributed by atoms with Gasteiger partial charge in [0.05, 0.1) is 5.92 Å². The molecule has 0 radical (unpaired) electrons. The van der Waals surface area contributed by atoms with Crippen molar-refractivity contribution >= 4 is 23.2 Å². The molecule has 1 atom stereocenters. The van der Waals surface area contributed by atoms with E-state index in [1.165, 1.54) is 18.5 Å². The van der Waals surface area contributed by atoms with Crippen LogP contribution in [0.1, 0.15) is 38.2 Å². The van der Waals surface area contributed by atoms with Gasteiger partial charge in [-0.05, 0) is 61.4 Å². The van der Waals surface area contributed by atoms with Crippen LogP contribution in [0.25, 0.3) is 5.65 Å². The highest BCUT2D eigenvalue weighted by molar-refractivity contribution is 5.79. The van der Waals surface area contributed by atoms with E-state index >= 15 is 0 Å². The fraction of sp³-hybridized carbons (Fsp3) is 0.480. The second-order valence-corrected chi connectivity index (χ2v) is 9.27. The Labute approximate surface area is 189 Å². The number of carbonyl (C=O) groups is 1. The number of fused-ring (bicyclic) bond motifs is 1. The van der Waals surface area contributed by atoms with Crippen LogP contribution in [0.4, 0.5) is 11.6 Å². The zero-order valence-corrected chi connectivity index (χ0v) is 18.8. The Kier molecular flexibility index (Phi) is 5.97. The van der Waals surface area contributed by atoms with Gasteiger partial charge in [0.1, 0.15) is 0 Å². The summed E-state index contributed by atoms with van der Waals surface area (Å²) in [6, 6.07) is 14.5. The average Bonchev–Trinajstić information content (AvgIpc) is 3.28. The number of anilines is 2. The summed E-state index contributed by atoms with van der Waals surface area (Å²) >= 11 is 0. The summed E-state index contributed by atoms with van der Waals surface area (Å²) < 4.78 is 1.99. The Morgan fingerprint density at radius 2 is 1.81 bits per heavy atom. The fourth-order valence-electron chi connectivity index (χ4n) is 4.84. The van der Waals surface area contributed by atoms with Gasteiger partial charge in [0.25, 0.3) is 0 Å². The Hall–Kier alpha value is -3.09. The second kappa shape index (κ2) is 9.18. The number of hydrogen-bond acceptors (Lipinski definition) is 5. The smallest absolute Gasteiger partial charge is 0.231 e. The number of amides is 1. The number of aromatic nitrogens is 3. The molecule has 0 bridgehead atoms. The lowest BCUT2D eigenvalue weighted by Crippen LogP contribution is -2.43. The summed E-state index contributed by atoms with van der Waals surface area (Å²) in [5.74, 6) is 1.74. The molecule has 4 heterocycles. The standard InChI is InChI=1S/C25H32N6O/c1-19-11-15-29(16-12-19)22-9-7-20(8-10-22)17-26-24(32)21-5-4-13-30(18-21)25-28-27-23-6-2-3-14-31(23)25/h2-3,6-10,14,19,21H,4-5,11-13,15-18H2,1H3,(H,26,32)/t21-/m0/s1. The van der Waals surface area contributed by atoms with Gasteiger partial charge in [-0.15, -0.1) is 10.2 Å². The van der Waals surface area contributed by atoms with Crippen LogP contribution in [0.15, 0.2) is 48.7 Å². The monoisotopic (exact) mass is 432 g/mol. The number of carbonyl (C=O) groups excluding carboxylic acids is 1. The highest BCUT2D eigenvalue weighted by atomic mass is 16.1. The van der Waals surface area contributed by atoms with E-state index in [0.29, 0.717) is 13.1 Å². The van der Waals surface area contributed by atoms with Crippen LogP contribution >= 0.6 is 0 Å². The van der Waals surface area contributed by atoms with Crippen molar-refractivity contribution in [2.24, 2.45) is 11.8 Å². The third-order valence-corrected chi connectivity index (χ3v) is 6.92. The first-order chi connectivity index (χ1) is 15.7. The van der Waals surface area contributed by atoms with Gasteiger partial charge < -0.3 is 15.1 Å². The second-order valence-electron chi connectivity index (χ2n) is 9.27. The molecule has 1 amide bonds. The minimum Gasteiger partial charge on any atom is -0.372 e. The van der Waals surface area contributed by atoms with Gasteiger partial charge in [-0.2, -0.15) is 0 Å². The highest BCUT2D eigenvalue weighted by Gasteiger charge is 2.28. The SMILES string of the molecule is CC1CCN(c2ccc(CNC(=O)[C@H]3CCCN(c4nnc5ccccn45)C3)cc2)CC1. The first kappa shape index (κ1) is 20.8. The van der Waals surface area contributed by atoms with Crippen molar-refractivity contribution < 1.29 is 4.79 Å². The van der Waals surface area contributed by atoms with Gasteiger partial charge in [0.2, 0.25) is 11.9 Å². The summed E-state index contributed by atoms with van der Waals surface area (Å²) in [7, 11) is 0. The molecule has 0 aliphatic carbocycles. The third kappa shape index (κ3) is 4.42. The van der Waals surface area contributed by atoms with E-state index in [1.807, 2.05) is 28.8 Å². The molecule has 7 nitrogen and oxygen atoms in total. The largest absolute Gasteiger partial charge is 0.372 e. The number of piperidine rings is 2. The maximum Gasteiger partial charge on any atom is 0.231 e. The van der Waals surface area contributed by atoms with Crippen LogP contribution in [0.3, 0.4) is 0 Å². The predicted molar refractivity (Wildman–Crippen MR) is 127 cm³/mol. The van der Waals surface area contributed by atoms with Crippen LogP contribution in [0.2, 0.25) is 0 Å². The fourth-order valence-corrected chi connectivity index (χ4v) is 4.84. The summed E-state index contributed by atoms with van der Waals surface area (Å²) in [4.78, 5) is 17.6. The van der Waals surface area contributed by atoms with Gasteiger partial charge in [0, 0.05) is 44.6 Å². The average molecular weight is 433 g/mol. The Balaban J connectivity index is 1.16. The molecule has 168 valence electrons. The molecule has 0 spiro atoms. The van der Waals surface area contributed by atoms with Crippen molar-refractivity contribution in [3.63, 3.8) is 0 Å². The molecule has 0 unspecified atom stereocenters. The first-order valence-electron chi connectivity index (χ1n) is 11.8. The van der Waals surface area contributed by atoms with E-state index in [9.17, 15) is 4.79 Å². The lowest BCUT2D eigenvalue weighted by molar-refractivity contribution is -0.125. The van der Waals surface area contributed by atoms with Crippen LogP contribution in [0.5, 0.6) is 0 Å². The van der Waals surface area contributed by atoms with E-state index in [0.717, 1.165) is 55.6 Å². The van der Waals surface area contributed by atoms with E-state index in [4.69, 9.17) is 0 Å². The minimum atomic E-state index is -0.0329. The summed E-state index contributed by atoms with van der Waals surface area (Å²) in [6.07, 6.45) is 6.39. The van der Waals surface area contributed by atoms with E-state index in [1.54, 1.807) is 0 Å². The van der Waals surface area contributed by atoms with Crippen LogP contribution in [-0.2, 0) is 11.3 Å². The van der Waals surface area contributed by atoms with Crippen molar-refractivity contribution in [3.8, 4) is 0 Å². The van der Waals surface area contributed by atoms with Crippen molar-refractivity contribution in [3.05, 3.63) is 54.2 Å². The van der Waals surface area contributed by atoms with E-state index in [-0.39, 0.29) is 11.8 Å². The molecule has 1 aromatic carbocycles. The van der Waals surface area contributed by atoms with Crippen molar-refractivity contribution in [2.75, 3.05) is 36.0 Å². The molecule has 1 N–H and O–H groups in total. The molecule has 2 saturated heterocycles. The van der Waals surface area contributed by atoms with Crippen LogP contribution in [0, 0.1) is 11.8 Å². The Morgan fingerprint density at radius 1 is 1.00 bits per heavy atom. The summed E-state index contributed by atoms with van der Waals surface area (Å²) in [5, 5.41) is 11.8. The molecule has 5 rings (SSSR count). The summed E-state index contributed by atoms with van der Waals surface area (Å²) in [6.45, 7) is 6.75. The topological polar surface area (TPSA) is 65.8 Å². The van der Waals surface area contributed by atoms with Crippen LogP contribution in [-0.4, -0.2) is 46.7 Å². The number of rotatable bonds is 5. The highest BCUT2D eigenvalue weighted by Crippen LogP contribution is 2.24. The van der Waals surface area contributed by atoms with Gasteiger partial charge in [-0.3, -0.25) is 9.20 Å². The number of nitrogens with one attached hydrogen (secondary N) is 1. The van der Waals surface area contributed by atoms with Crippen molar-refractivity contribution in [2.45, 2.75) is 39.2 Å². The predicted octanol–water partition coefficient (Wildman–Crippen LogP) is 3.50. The molecular formula is C25H32N6O. The number of benzene rings is 1. The molecule has 0 saturated carbocycles. The molecule has 2 aliphatic rings. The maximum atomic E-state index is 12.9. The van der Waals surface area contributed by atoms with E-state index < -0.39 is 0 Å². The van der Waals surface area contributed by atoms with Gasteiger partial charge in [-0.1, -0.05) is 25.1 Å². The van der Waals surface area contributed by atoms with Crippen molar-refractivity contribution in [1.82, 2.24) is 19.9 Å². The van der Waals surface area contributed by atoms with Gasteiger partial charge in [0.15, 0.2) is 5.65 Å². The van der Waals surface area contributed by atoms with E-state index in [2.05, 4.69) is 56.5 Å². The molecule has 2 fully saturated rings. The lowest BCUT2D eigenvalue weighted by Gasteiger charge is -2.32. The molecule has 2 aromatic heterocycles. The number of pyridine rings is 1. The van der Waals surface area contributed by atoms with Gasteiger partial charge >= 0.3 is 0 Å². The van der Waals surface area contributed by atoms with Crippen LogP contribution < -0.4 is 15.1 Å². The third-order valence-electron chi connectivity index (χ3n) is 6.92. The number of nitrogens with zero attached hydrogens (tertiary/aromatic N) is 5. The molecular weight excluding hydrogens is 400 g/mol. The zero-order chi connectivity index (χ0) is 21.9. The zero-order valence-electron chi connectivity index (χ0n) is 18.8. The number of hydrogen-bond donors (Lipinski definition) is 1. The normalized spacial score (nSPS) is 20.0. The Morgan fingerprint density at radius 3 is 2.62 bits per heavy atom. The Bertz CT molecular complexity index is 1050. The quantitative estimate of drug-likeness (QED) is 0.669. The molecule has 32 heavy (non-hydrogen) atoms. The molecule has 7 heteroatoms. The maximum absolute atomic E-state index is 12.9. The minimum absolute atomic E-state index is 0.0329. The molecule has 3 aromatic rings. The van der Waals surface area contributed by atoms with Gasteiger partial charge in [-0.25, -0.2) is 0 Å². The first-order valence-corrected chi connectivity index (χ1v) is 11.8. The van der Waals surface area contributed by atoms with Crippen molar-refractivity contribution in [1.29, 1.82) is 0 Å². The lowest BCUT2D eigenvalue weighted by atomic mass is 9.97.